The van der Waals surface area contributed by atoms with Gasteiger partial charge in [-0.05, 0) is 42.7 Å². The van der Waals surface area contributed by atoms with Crippen molar-refractivity contribution in [2.75, 3.05) is 38.6 Å². The van der Waals surface area contributed by atoms with Gasteiger partial charge in [-0.15, -0.1) is 0 Å². The smallest absolute Gasteiger partial charge is 0.292 e. The van der Waals surface area contributed by atoms with Gasteiger partial charge in [0, 0.05) is 31.7 Å². The Kier molecular flexibility index (Phi) is 8.23. The molecule has 1 N–H and O–H groups in total. The maximum absolute atomic E-state index is 14.4. The van der Waals surface area contributed by atoms with Gasteiger partial charge in [-0.3, -0.25) is 14.2 Å². The molecule has 2 fully saturated rings. The fourth-order valence-electron chi connectivity index (χ4n) is 4.85. The zero-order valence-electron chi connectivity index (χ0n) is 22.2. The summed E-state index contributed by atoms with van der Waals surface area (Å²) < 4.78 is 69.5. The molecule has 2 aliphatic rings. The third kappa shape index (κ3) is 6.51. The molecule has 1 aliphatic heterocycles. The Morgan fingerprint density at radius 2 is 1.79 bits per heavy atom. The molecule has 212 valence electrons. The van der Waals surface area contributed by atoms with Crippen molar-refractivity contribution in [2.45, 2.75) is 50.6 Å². The average molecular weight is 568 g/mol. The number of halogens is 3. The molecule has 2 aromatic carbocycles. The topological polar surface area (TPSA) is 86.6 Å². The molecule has 1 saturated carbocycles. The van der Waals surface area contributed by atoms with E-state index in [9.17, 15) is 31.2 Å². The molecule has 1 aliphatic carbocycles. The van der Waals surface area contributed by atoms with Gasteiger partial charge in [-0.1, -0.05) is 30.3 Å². The van der Waals surface area contributed by atoms with Crippen molar-refractivity contribution in [2.24, 2.45) is 0 Å². The van der Waals surface area contributed by atoms with Gasteiger partial charge in [0.25, 0.3) is 16.1 Å². The molecule has 1 heterocycles. The summed E-state index contributed by atoms with van der Waals surface area (Å²) in [7, 11) is -0.467. The molecule has 0 bridgehead atoms. The molecule has 8 nitrogen and oxygen atoms in total. The van der Waals surface area contributed by atoms with Crippen molar-refractivity contribution in [1.29, 1.82) is 0 Å². The van der Waals surface area contributed by atoms with Gasteiger partial charge < -0.3 is 0 Å². The molecule has 1 unspecified atom stereocenters. The lowest BCUT2D eigenvalue weighted by molar-refractivity contribution is -0.852. The van der Waals surface area contributed by atoms with E-state index in [-0.39, 0.29) is 29.6 Å². The molecular weight excluding hydrogens is 533 g/mol. The summed E-state index contributed by atoms with van der Waals surface area (Å²) in [6.07, 6.45) is -0.891. The number of benzene rings is 2. The summed E-state index contributed by atoms with van der Waals surface area (Å²) in [5.74, 6) is -4.46. The van der Waals surface area contributed by atoms with Crippen LogP contribution in [0.5, 0.6) is 0 Å². The van der Waals surface area contributed by atoms with Crippen molar-refractivity contribution in [3.8, 4) is 0 Å². The minimum absolute atomic E-state index is 0.00323. The first kappa shape index (κ1) is 29.2. The molecule has 0 radical (unpaired) electrons. The number of quaternary nitrogens is 1. The number of nitrogens with zero attached hydrogens (tertiary/aromatic N) is 3. The van der Waals surface area contributed by atoms with Crippen LogP contribution in [0.1, 0.15) is 42.9 Å². The predicted molar refractivity (Wildman–Crippen MR) is 141 cm³/mol. The van der Waals surface area contributed by atoms with Gasteiger partial charge in [-0.2, -0.15) is 12.7 Å². The van der Waals surface area contributed by atoms with Crippen LogP contribution in [0.15, 0.2) is 48.5 Å². The van der Waals surface area contributed by atoms with Crippen molar-refractivity contribution >= 4 is 27.7 Å². The predicted octanol–water partition coefficient (Wildman–Crippen LogP) is 3.54. The van der Waals surface area contributed by atoms with Crippen LogP contribution in [-0.4, -0.2) is 74.7 Å². The molecule has 0 aromatic heterocycles. The quantitative estimate of drug-likeness (QED) is 0.256. The maximum atomic E-state index is 14.4. The van der Waals surface area contributed by atoms with E-state index in [2.05, 4.69) is 4.72 Å². The molecule has 39 heavy (non-hydrogen) atoms. The number of aryl methyl sites for hydroxylation is 1. The first-order valence-corrected chi connectivity index (χ1v) is 14.3. The molecular formula is C27H34F3N4O4S+. The highest BCUT2D eigenvalue weighted by Gasteiger charge is 2.57. The van der Waals surface area contributed by atoms with E-state index in [1.54, 1.807) is 45.3 Å². The van der Waals surface area contributed by atoms with E-state index in [1.165, 1.54) is 27.4 Å². The van der Waals surface area contributed by atoms with Crippen LogP contribution in [0.4, 0.5) is 18.9 Å². The third-order valence-corrected chi connectivity index (χ3v) is 9.09. The summed E-state index contributed by atoms with van der Waals surface area (Å²) in [5.41, 5.74) is 1.35. The van der Waals surface area contributed by atoms with Crippen molar-refractivity contribution in [1.82, 2.24) is 9.03 Å². The molecule has 1 atom stereocenters. The van der Waals surface area contributed by atoms with E-state index in [4.69, 9.17) is 0 Å². The molecule has 1 saturated heterocycles. The largest absolute Gasteiger partial charge is 0.341 e. The van der Waals surface area contributed by atoms with Crippen LogP contribution in [0.25, 0.3) is 0 Å². The van der Waals surface area contributed by atoms with E-state index < -0.39 is 58.7 Å². The molecule has 0 spiro atoms. The number of amides is 2. The van der Waals surface area contributed by atoms with Crippen LogP contribution < -0.4 is 9.62 Å². The van der Waals surface area contributed by atoms with E-state index in [0.29, 0.717) is 24.2 Å². The van der Waals surface area contributed by atoms with E-state index >= 15 is 0 Å². The van der Waals surface area contributed by atoms with Crippen LogP contribution in [0.2, 0.25) is 0 Å². The van der Waals surface area contributed by atoms with Gasteiger partial charge in [0.1, 0.15) is 11.9 Å². The highest BCUT2D eigenvalue weighted by Crippen LogP contribution is 2.44. The SMILES string of the molecule is Cc1ccccc1C(C(=O)[N+](C)(C)C1CC(F)(F)C1)N(C(=O)CCCNS(=O)(=O)N1CC1)c1cccc(F)c1. The van der Waals surface area contributed by atoms with Crippen LogP contribution in [-0.2, 0) is 19.8 Å². The Morgan fingerprint density at radius 1 is 1.13 bits per heavy atom. The second kappa shape index (κ2) is 11.0. The van der Waals surface area contributed by atoms with Crippen LogP contribution in [0, 0.1) is 12.7 Å². The average Bonchev–Trinajstić information content (AvgIpc) is 3.70. The first-order chi connectivity index (χ1) is 18.2. The molecule has 2 aromatic rings. The van der Waals surface area contributed by atoms with Crippen molar-refractivity contribution in [3.05, 3.63) is 65.5 Å². The normalized spacial score (nSPS) is 18.3. The lowest BCUT2D eigenvalue weighted by atomic mass is 9.84. The van der Waals surface area contributed by atoms with E-state index in [1.807, 2.05) is 0 Å². The van der Waals surface area contributed by atoms with Crippen molar-refractivity contribution < 1.29 is 35.7 Å². The monoisotopic (exact) mass is 567 g/mol. The van der Waals surface area contributed by atoms with Gasteiger partial charge in [0.15, 0.2) is 6.04 Å². The zero-order valence-corrected chi connectivity index (χ0v) is 23.1. The minimum Gasteiger partial charge on any atom is -0.292 e. The van der Waals surface area contributed by atoms with Gasteiger partial charge in [0.2, 0.25) is 5.91 Å². The fourth-order valence-corrected chi connectivity index (χ4v) is 6.00. The highest BCUT2D eigenvalue weighted by atomic mass is 32.2. The number of likely N-dealkylation sites (N-methyl/N-ethyl adjacent to an activating group) is 1. The Labute approximate surface area is 227 Å². The fraction of sp³-hybridized carbons (Fsp3) is 0.481. The number of alkyl halides is 2. The summed E-state index contributed by atoms with van der Waals surface area (Å²) in [4.78, 5) is 29.3. The summed E-state index contributed by atoms with van der Waals surface area (Å²) >= 11 is 0. The second-order valence-corrected chi connectivity index (χ2v) is 12.5. The minimum atomic E-state index is -3.59. The lowest BCUT2D eigenvalue weighted by Crippen LogP contribution is -2.64. The summed E-state index contributed by atoms with van der Waals surface area (Å²) in [6, 6.07) is 10.4. The highest BCUT2D eigenvalue weighted by molar-refractivity contribution is 7.87. The maximum Gasteiger partial charge on any atom is 0.341 e. The number of carbonyl (C=O) groups is 2. The summed E-state index contributed by atoms with van der Waals surface area (Å²) in [5, 5.41) is 0. The molecule has 12 heteroatoms. The van der Waals surface area contributed by atoms with Gasteiger partial charge in [0.05, 0.1) is 26.9 Å². The first-order valence-electron chi connectivity index (χ1n) is 12.9. The lowest BCUT2D eigenvalue weighted by Gasteiger charge is -2.46. The Balaban J connectivity index is 1.68. The third-order valence-electron chi connectivity index (χ3n) is 7.48. The van der Waals surface area contributed by atoms with Crippen LogP contribution in [0.3, 0.4) is 0 Å². The van der Waals surface area contributed by atoms with Gasteiger partial charge in [-0.25, -0.2) is 22.7 Å². The second-order valence-electron chi connectivity index (χ2n) is 10.7. The summed E-state index contributed by atoms with van der Waals surface area (Å²) in [6.45, 7) is 2.68. The number of anilines is 1. The van der Waals surface area contributed by atoms with Crippen LogP contribution >= 0.6 is 0 Å². The number of nitrogens with one attached hydrogen (secondary N) is 1. The Hall–Kier alpha value is -2.80. The van der Waals surface area contributed by atoms with Gasteiger partial charge >= 0.3 is 5.91 Å². The number of hydrogen-bond acceptors (Lipinski definition) is 4. The van der Waals surface area contributed by atoms with Crippen molar-refractivity contribution in [3.63, 3.8) is 0 Å². The number of rotatable bonds is 11. The standard InChI is InChI=1S/C27H34F3N4O4S/c1-19-8-4-5-11-23(19)25(26(36)34(2,3)22-17-27(29,30)18-22)33(21-10-6-9-20(28)16-21)24(35)12-7-13-31-39(37,38)32-14-15-32/h4-6,8-11,16,22,25,31H,7,12-15,17-18H2,1-3H3/q+1. The molecule has 4 rings (SSSR count). The zero-order chi connectivity index (χ0) is 28.6. The van der Waals surface area contributed by atoms with E-state index in [0.717, 1.165) is 6.07 Å². The molecule has 2 amide bonds. The Morgan fingerprint density at radius 3 is 2.38 bits per heavy atom. The number of hydrogen-bond donors (Lipinski definition) is 1. The Bertz CT molecular complexity index is 1340. The number of carbonyl (C=O) groups excluding carboxylic acids is 2.